The zero-order valence-corrected chi connectivity index (χ0v) is 17.3. The van der Waals surface area contributed by atoms with Gasteiger partial charge in [0.25, 0.3) is 0 Å². The second kappa shape index (κ2) is 9.53. The number of ether oxygens (including phenoxy) is 2. The predicted octanol–water partition coefficient (Wildman–Crippen LogP) is -5.19. The Hall–Kier alpha value is -0.914. The summed E-state index contributed by atoms with van der Waals surface area (Å²) in [4.78, 5) is 21.4. The molecule has 2 rings (SSSR count). The van der Waals surface area contributed by atoms with Crippen LogP contribution in [0.3, 0.4) is 0 Å². The van der Waals surface area contributed by atoms with Gasteiger partial charge in [-0.25, -0.2) is 9.59 Å². The van der Waals surface area contributed by atoms with E-state index in [0.29, 0.717) is 0 Å². The van der Waals surface area contributed by atoms with Gasteiger partial charge in [0.15, 0.2) is 22.2 Å². The maximum Gasteiger partial charge on any atom is 2.00 e. The summed E-state index contributed by atoms with van der Waals surface area (Å²) in [6.45, 7) is -1.51. The van der Waals surface area contributed by atoms with E-state index >= 15 is 0 Å². The van der Waals surface area contributed by atoms with Crippen molar-refractivity contribution in [2.24, 2.45) is 0 Å². The molecule has 0 aromatic rings. The van der Waals surface area contributed by atoms with Gasteiger partial charge in [-0.05, 0) is 11.5 Å². The molecule has 0 aromatic heterocycles. The summed E-state index contributed by atoms with van der Waals surface area (Å²) in [6.07, 6.45) is -3.14. The van der Waals surface area contributed by atoms with Crippen molar-refractivity contribution < 1.29 is 59.9 Å². The minimum absolute atomic E-state index is 0. The second-order valence-electron chi connectivity index (χ2n) is 5.12. The van der Waals surface area contributed by atoms with Crippen LogP contribution in [0.2, 0.25) is 0 Å². The summed E-state index contributed by atoms with van der Waals surface area (Å²) in [5.41, 5.74) is 0. The Balaban J connectivity index is 0.000000483. The van der Waals surface area contributed by atoms with Crippen LogP contribution >= 0.6 is 18.5 Å². The fourth-order valence-electron chi connectivity index (χ4n) is 1.76. The van der Waals surface area contributed by atoms with Gasteiger partial charge < -0.3 is 50.3 Å². The third kappa shape index (κ3) is 4.74. The Morgan fingerprint density at radius 1 is 0.852 bits per heavy atom. The zero-order chi connectivity index (χ0) is 20.4. The fraction of sp³-hybridized carbons (Fsp3) is 0.500. The summed E-state index contributed by atoms with van der Waals surface area (Å²) in [6, 6.07) is 0. The van der Waals surface area contributed by atoms with E-state index in [2.05, 4.69) is 9.47 Å². The molecule has 0 spiro atoms. The van der Waals surface area contributed by atoms with Crippen molar-refractivity contribution >= 4 is 53.5 Å². The van der Waals surface area contributed by atoms with E-state index in [1.165, 1.54) is 0 Å². The number of carbonyl (C=O) groups is 2. The van der Waals surface area contributed by atoms with E-state index in [1.54, 1.807) is 18.5 Å². The monoisotopic (exact) mass is 438 g/mol. The van der Waals surface area contributed by atoms with Crippen molar-refractivity contribution in [1.82, 2.24) is 0 Å². The molecular weight excluding hydrogens is 422 g/mol. The Bertz CT molecular complexity index is 611. The van der Waals surface area contributed by atoms with Gasteiger partial charge in [0.05, 0.1) is 13.2 Å². The maximum absolute atomic E-state index is 11.1. The molecule has 2 unspecified atom stereocenters. The maximum atomic E-state index is 11.1. The first-order valence-electron chi connectivity index (χ1n) is 6.70. The van der Waals surface area contributed by atoms with Crippen LogP contribution in [0.15, 0.2) is 23.0 Å². The molecule has 0 saturated heterocycles. The Labute approximate surface area is 172 Å². The van der Waals surface area contributed by atoms with Crippen LogP contribution < -0.4 is 10.2 Å². The van der Waals surface area contributed by atoms with E-state index in [1.807, 2.05) is 0 Å². The molecule has 6 atom stereocenters. The first-order valence-corrected chi connectivity index (χ1v) is 7.85. The van der Waals surface area contributed by atoms with Crippen LogP contribution in [0, 0.1) is 0 Å². The van der Waals surface area contributed by atoms with Crippen molar-refractivity contribution in [1.29, 1.82) is 0 Å². The minimum Gasteiger partial charge on any atom is -0.870 e. The quantitative estimate of drug-likeness (QED) is 0.138. The number of rotatable bonds is 4. The van der Waals surface area contributed by atoms with Gasteiger partial charge in [-0.1, -0.05) is 18.5 Å². The molecule has 0 bridgehead atoms. The second-order valence-corrected chi connectivity index (χ2v) is 6.83. The fourth-order valence-corrected chi connectivity index (χ4v) is 2.46. The minimum atomic E-state index is -1.95. The Kier molecular flexibility index (Phi) is 9.20. The SMILES string of the molecule is O=C1O[C@](P)([C@@H](O)CO)C([O-])=C1O.O=C1O[C@](P)([C@@H](O)CO)C([O-])=C1O.[Mg+2]. The van der Waals surface area contributed by atoms with E-state index in [4.69, 9.17) is 30.6 Å². The van der Waals surface area contributed by atoms with E-state index < -0.39 is 71.1 Å². The average Bonchev–Trinajstić information content (AvgIpc) is 2.94. The third-order valence-electron chi connectivity index (χ3n) is 3.39. The third-order valence-corrected chi connectivity index (χ3v) is 4.92. The standard InChI is InChI=1S/2C6H9O6P.Mg/c2*7-1-2(8)6(13)4(10)3(9)5(11)12-6;/h2*2,7-10H,1,13H2;/q;;+2/p-2/t2*2-,6-;/m00./s1. The summed E-state index contributed by atoms with van der Waals surface area (Å²) >= 11 is 0. The molecule has 2 aliphatic heterocycles. The summed E-state index contributed by atoms with van der Waals surface area (Å²) in [7, 11) is 3.59. The molecule has 0 radical (unpaired) electrons. The topological polar surface area (TPSA) is 220 Å². The van der Waals surface area contributed by atoms with Crippen molar-refractivity contribution in [2.75, 3.05) is 13.2 Å². The molecule has 2 aliphatic rings. The van der Waals surface area contributed by atoms with Gasteiger partial charge in [-0.3, -0.25) is 0 Å². The van der Waals surface area contributed by atoms with Crippen molar-refractivity contribution in [3.63, 3.8) is 0 Å². The number of cyclic esters (lactones) is 2. The molecule has 2 heterocycles. The van der Waals surface area contributed by atoms with Crippen molar-refractivity contribution in [3.8, 4) is 0 Å². The van der Waals surface area contributed by atoms with E-state index in [-0.39, 0.29) is 23.1 Å². The van der Waals surface area contributed by atoms with E-state index in [9.17, 15) is 19.8 Å². The van der Waals surface area contributed by atoms with Gasteiger partial charge in [-0.2, -0.15) is 0 Å². The molecular formula is C12H16MgO12P2. The molecule has 27 heavy (non-hydrogen) atoms. The zero-order valence-electron chi connectivity index (χ0n) is 13.6. The largest absolute Gasteiger partial charge is 2.00 e. The molecule has 6 N–H and O–H groups in total. The predicted molar refractivity (Wildman–Crippen MR) is 88.3 cm³/mol. The van der Waals surface area contributed by atoms with Gasteiger partial charge in [0.2, 0.25) is 0 Å². The summed E-state index contributed by atoms with van der Waals surface area (Å²) < 4.78 is 8.81. The van der Waals surface area contributed by atoms with Gasteiger partial charge in [0, 0.05) is 0 Å². The van der Waals surface area contributed by atoms with Crippen LogP contribution in [0.5, 0.6) is 0 Å². The molecule has 0 aliphatic carbocycles. The van der Waals surface area contributed by atoms with Crippen LogP contribution in [0.4, 0.5) is 0 Å². The van der Waals surface area contributed by atoms with Crippen LogP contribution in [-0.2, 0) is 19.1 Å². The molecule has 15 heteroatoms. The molecule has 148 valence electrons. The van der Waals surface area contributed by atoms with Gasteiger partial charge >= 0.3 is 35.0 Å². The smallest absolute Gasteiger partial charge is 0.870 e. The number of hydrogen-bond donors (Lipinski definition) is 6. The van der Waals surface area contributed by atoms with Gasteiger partial charge in [0.1, 0.15) is 12.2 Å². The summed E-state index contributed by atoms with van der Waals surface area (Å²) in [5, 5.41) is 71.4. The molecule has 12 nitrogen and oxygen atoms in total. The number of aliphatic hydroxyl groups is 6. The molecule has 0 aromatic carbocycles. The van der Waals surface area contributed by atoms with Gasteiger partial charge in [-0.15, -0.1) is 0 Å². The number of aliphatic hydroxyl groups excluding tert-OH is 6. The molecule has 0 saturated carbocycles. The normalized spacial score (nSPS) is 29.4. The van der Waals surface area contributed by atoms with E-state index in [0.717, 1.165) is 0 Å². The van der Waals surface area contributed by atoms with Crippen molar-refractivity contribution in [2.45, 2.75) is 22.9 Å². The Morgan fingerprint density at radius 3 is 1.26 bits per heavy atom. The number of hydrogen-bond acceptors (Lipinski definition) is 12. The summed E-state index contributed by atoms with van der Waals surface area (Å²) in [5.74, 6) is -6.64. The Morgan fingerprint density at radius 2 is 1.11 bits per heavy atom. The van der Waals surface area contributed by atoms with Crippen molar-refractivity contribution in [3.05, 3.63) is 23.0 Å². The van der Waals surface area contributed by atoms with Crippen LogP contribution in [-0.4, -0.2) is 102 Å². The molecule has 0 fully saturated rings. The first-order chi connectivity index (χ1) is 11.9. The average molecular weight is 439 g/mol. The van der Waals surface area contributed by atoms with Crippen LogP contribution in [0.1, 0.15) is 0 Å². The number of carbonyl (C=O) groups excluding carboxylic acids is 2. The van der Waals surface area contributed by atoms with Crippen LogP contribution in [0.25, 0.3) is 0 Å². The first kappa shape index (κ1) is 26.1. The molecule has 0 amide bonds. The number of esters is 2.